The molecular weight excluding hydrogens is 436 g/mol. The Morgan fingerprint density at radius 1 is 1.28 bits per heavy atom. The minimum Gasteiger partial charge on any atom is -0.495 e. The van der Waals surface area contributed by atoms with Crippen molar-refractivity contribution in [1.82, 2.24) is 15.2 Å². The van der Waals surface area contributed by atoms with Crippen LogP contribution in [0.25, 0.3) is 0 Å². The molecule has 0 spiro atoms. The topological polar surface area (TPSA) is 127 Å². The fourth-order valence-corrected chi connectivity index (χ4v) is 3.81. The first-order valence-electron chi connectivity index (χ1n) is 9.91. The van der Waals surface area contributed by atoms with Crippen molar-refractivity contribution in [2.45, 2.75) is 38.8 Å². The third-order valence-corrected chi connectivity index (χ3v) is 5.91. The first kappa shape index (κ1) is 23.2. The van der Waals surface area contributed by atoms with Gasteiger partial charge in [-0.1, -0.05) is 19.1 Å². The summed E-state index contributed by atoms with van der Waals surface area (Å²) in [6, 6.07) is 6.45. The van der Waals surface area contributed by atoms with E-state index in [2.05, 4.69) is 15.6 Å². The summed E-state index contributed by atoms with van der Waals surface area (Å²) in [6.45, 7) is 2.78. The van der Waals surface area contributed by atoms with E-state index in [0.29, 0.717) is 28.6 Å². The number of benzene rings is 1. The minimum atomic E-state index is -1.01. The summed E-state index contributed by atoms with van der Waals surface area (Å²) < 4.78 is 10.4. The molecule has 1 aliphatic rings. The normalized spacial score (nSPS) is 17.8. The zero-order valence-electron chi connectivity index (χ0n) is 18.0. The molecule has 1 fully saturated rings. The highest BCUT2D eigenvalue weighted by Crippen LogP contribution is 2.24. The van der Waals surface area contributed by atoms with Gasteiger partial charge in [-0.3, -0.25) is 19.3 Å². The molecule has 10 nitrogen and oxygen atoms in total. The number of para-hydroxylation sites is 2. The number of aromatic nitrogens is 1. The van der Waals surface area contributed by atoms with E-state index in [-0.39, 0.29) is 18.9 Å². The molecule has 11 heteroatoms. The third kappa shape index (κ3) is 5.22. The minimum absolute atomic E-state index is 0.0503. The van der Waals surface area contributed by atoms with Gasteiger partial charge in [0.2, 0.25) is 5.91 Å². The molecule has 3 rings (SSSR count). The van der Waals surface area contributed by atoms with E-state index in [9.17, 15) is 19.2 Å². The zero-order valence-corrected chi connectivity index (χ0v) is 18.8. The van der Waals surface area contributed by atoms with Crippen LogP contribution in [0, 0.1) is 0 Å². The maximum Gasteiger partial charge on any atom is 0.326 e. The molecule has 170 valence electrons. The van der Waals surface area contributed by atoms with Gasteiger partial charge in [-0.2, -0.15) is 0 Å². The Hall–Kier alpha value is -3.47. The van der Waals surface area contributed by atoms with Crippen molar-refractivity contribution in [3.05, 3.63) is 40.3 Å². The van der Waals surface area contributed by atoms with Crippen LogP contribution in [0.5, 0.6) is 5.75 Å². The molecule has 1 unspecified atom stereocenters. The molecular formula is C21H24N4O6S. The molecule has 2 N–H and O–H groups in total. The van der Waals surface area contributed by atoms with Crippen molar-refractivity contribution < 1.29 is 28.7 Å². The molecule has 1 aromatic heterocycles. The lowest BCUT2D eigenvalue weighted by atomic mass is 9.99. The van der Waals surface area contributed by atoms with Crippen LogP contribution in [0.2, 0.25) is 0 Å². The van der Waals surface area contributed by atoms with Gasteiger partial charge in [0.25, 0.3) is 5.91 Å². The molecule has 0 aliphatic carbocycles. The number of imide groups is 1. The number of esters is 1. The smallest absolute Gasteiger partial charge is 0.326 e. The van der Waals surface area contributed by atoms with Crippen LogP contribution < -0.4 is 15.4 Å². The average Bonchev–Trinajstić information content (AvgIpc) is 3.30. The third-order valence-electron chi connectivity index (χ3n) is 5.01. The van der Waals surface area contributed by atoms with Gasteiger partial charge in [-0.25, -0.2) is 9.78 Å². The number of anilines is 1. The van der Waals surface area contributed by atoms with E-state index in [1.165, 1.54) is 18.4 Å². The lowest BCUT2D eigenvalue weighted by Gasteiger charge is -2.18. The number of nitrogens with one attached hydrogen (secondary N) is 2. The summed E-state index contributed by atoms with van der Waals surface area (Å²) in [5.74, 6) is -0.891. The molecule has 32 heavy (non-hydrogen) atoms. The van der Waals surface area contributed by atoms with Crippen LogP contribution in [0.3, 0.4) is 0 Å². The monoisotopic (exact) mass is 460 g/mol. The van der Waals surface area contributed by atoms with E-state index in [4.69, 9.17) is 9.47 Å². The number of carbonyl (C=O) groups excluding carboxylic acids is 4. The number of hydrogen-bond acceptors (Lipinski definition) is 8. The van der Waals surface area contributed by atoms with Gasteiger partial charge in [0, 0.05) is 5.38 Å². The zero-order chi connectivity index (χ0) is 23.3. The van der Waals surface area contributed by atoms with Crippen molar-refractivity contribution in [3.8, 4) is 5.75 Å². The highest BCUT2D eigenvalue weighted by atomic mass is 32.1. The van der Waals surface area contributed by atoms with Crippen molar-refractivity contribution in [2.75, 3.05) is 19.0 Å². The SMILES string of the molecule is CCC1(C)NC(=O)N(CC(=O)OCc2csc(CC(=O)Nc3ccccc3OC)n2)C1=O. The Morgan fingerprint density at radius 3 is 2.72 bits per heavy atom. The number of amides is 4. The molecule has 1 atom stereocenters. The standard InChI is InChI=1S/C21H24N4O6S/c1-4-21(2)19(28)25(20(29)24-21)10-18(27)31-11-13-12-32-17(22-13)9-16(26)23-14-7-5-6-8-15(14)30-3/h5-8,12H,4,9-11H2,1-3H3,(H,23,26)(H,24,29). The Balaban J connectivity index is 1.49. The number of hydrogen-bond donors (Lipinski definition) is 2. The van der Waals surface area contributed by atoms with Gasteiger partial charge >= 0.3 is 12.0 Å². The van der Waals surface area contributed by atoms with Crippen LogP contribution in [0.15, 0.2) is 29.6 Å². The number of carbonyl (C=O) groups is 4. The molecule has 1 aromatic carbocycles. The van der Waals surface area contributed by atoms with E-state index >= 15 is 0 Å². The molecule has 2 heterocycles. The van der Waals surface area contributed by atoms with Crippen LogP contribution in [0.4, 0.5) is 10.5 Å². The fourth-order valence-electron chi connectivity index (χ4n) is 3.04. The van der Waals surface area contributed by atoms with E-state index < -0.39 is 30.0 Å². The lowest BCUT2D eigenvalue weighted by Crippen LogP contribution is -2.43. The van der Waals surface area contributed by atoms with Crippen LogP contribution in [-0.4, -0.2) is 52.9 Å². The predicted octanol–water partition coefficient (Wildman–Crippen LogP) is 2.10. The number of methoxy groups -OCH3 is 1. The van der Waals surface area contributed by atoms with Crippen LogP contribution in [0.1, 0.15) is 31.0 Å². The molecule has 4 amide bonds. The van der Waals surface area contributed by atoms with E-state index in [1.54, 1.807) is 43.5 Å². The quantitative estimate of drug-likeness (QED) is 0.433. The molecule has 0 bridgehead atoms. The largest absolute Gasteiger partial charge is 0.495 e. The molecule has 0 saturated carbocycles. The van der Waals surface area contributed by atoms with E-state index in [0.717, 1.165) is 4.90 Å². The summed E-state index contributed by atoms with van der Waals surface area (Å²) in [5, 5.41) is 7.58. The van der Waals surface area contributed by atoms with Gasteiger partial charge < -0.3 is 20.1 Å². The number of thiazole rings is 1. The summed E-state index contributed by atoms with van der Waals surface area (Å²) in [7, 11) is 1.52. The fraction of sp³-hybridized carbons (Fsp3) is 0.381. The number of rotatable bonds is 9. The lowest BCUT2D eigenvalue weighted by molar-refractivity contribution is -0.148. The maximum atomic E-state index is 12.3. The Morgan fingerprint density at radius 2 is 2.03 bits per heavy atom. The number of urea groups is 1. The molecule has 1 aliphatic heterocycles. The van der Waals surface area contributed by atoms with Crippen LogP contribution >= 0.6 is 11.3 Å². The number of nitrogens with zero attached hydrogens (tertiary/aromatic N) is 2. The first-order valence-corrected chi connectivity index (χ1v) is 10.8. The van der Waals surface area contributed by atoms with Gasteiger partial charge in [0.15, 0.2) is 0 Å². The van der Waals surface area contributed by atoms with Crippen LogP contribution in [-0.2, 0) is 32.1 Å². The summed E-state index contributed by atoms with van der Waals surface area (Å²) >= 11 is 1.26. The van der Waals surface area contributed by atoms with Crippen molar-refractivity contribution >= 4 is 40.8 Å². The van der Waals surface area contributed by atoms with Gasteiger partial charge in [-0.05, 0) is 25.5 Å². The number of ether oxygens (including phenoxy) is 2. The molecule has 2 aromatic rings. The second kappa shape index (κ2) is 9.77. The summed E-state index contributed by atoms with van der Waals surface area (Å²) in [4.78, 5) is 53.9. The second-order valence-corrected chi connectivity index (χ2v) is 8.27. The van der Waals surface area contributed by atoms with Crippen molar-refractivity contribution in [1.29, 1.82) is 0 Å². The maximum absolute atomic E-state index is 12.3. The second-order valence-electron chi connectivity index (χ2n) is 7.33. The highest BCUT2D eigenvalue weighted by Gasteiger charge is 2.47. The average molecular weight is 461 g/mol. The van der Waals surface area contributed by atoms with Crippen molar-refractivity contribution in [3.63, 3.8) is 0 Å². The van der Waals surface area contributed by atoms with E-state index in [1.807, 2.05) is 0 Å². The Bertz CT molecular complexity index is 1040. The highest BCUT2D eigenvalue weighted by molar-refractivity contribution is 7.09. The molecule has 1 saturated heterocycles. The van der Waals surface area contributed by atoms with Gasteiger partial charge in [0.05, 0.1) is 24.9 Å². The Labute approximate surface area is 188 Å². The van der Waals surface area contributed by atoms with Gasteiger partial charge in [-0.15, -0.1) is 11.3 Å². The Kier molecular flexibility index (Phi) is 7.08. The van der Waals surface area contributed by atoms with Gasteiger partial charge in [0.1, 0.15) is 29.4 Å². The predicted molar refractivity (Wildman–Crippen MR) is 116 cm³/mol. The van der Waals surface area contributed by atoms with Crippen molar-refractivity contribution in [2.24, 2.45) is 0 Å². The summed E-state index contributed by atoms with van der Waals surface area (Å²) in [6.07, 6.45) is 0.462. The summed E-state index contributed by atoms with van der Waals surface area (Å²) in [5.41, 5.74) is 0.0235. The molecule has 0 radical (unpaired) electrons. The first-order chi connectivity index (χ1) is 15.3.